The smallest absolute Gasteiger partial charge is 0.311 e. The summed E-state index contributed by atoms with van der Waals surface area (Å²) < 4.78 is 47.0. The summed E-state index contributed by atoms with van der Waals surface area (Å²) in [6.07, 6.45) is -0.861. The van der Waals surface area contributed by atoms with Gasteiger partial charge in [-0.1, -0.05) is 6.07 Å². The van der Waals surface area contributed by atoms with E-state index >= 15 is 0 Å². The third-order valence-electron chi connectivity index (χ3n) is 4.49. The predicted octanol–water partition coefficient (Wildman–Crippen LogP) is 1.34. The fraction of sp³-hybridized carbons (Fsp3) is 0.556. The highest BCUT2D eigenvalue weighted by atomic mass is 32.2. The molecule has 0 unspecified atom stereocenters. The molecule has 2 atom stereocenters. The van der Waals surface area contributed by atoms with Crippen LogP contribution in [0.25, 0.3) is 0 Å². The number of ether oxygens (including phenoxy) is 2. The van der Waals surface area contributed by atoms with Crippen LogP contribution in [0.5, 0.6) is 5.75 Å². The molecule has 1 saturated heterocycles. The van der Waals surface area contributed by atoms with Gasteiger partial charge in [0.15, 0.2) is 27.5 Å². The van der Waals surface area contributed by atoms with E-state index in [0.29, 0.717) is 18.5 Å². The molecular weight excluding hydrogens is 377 g/mol. The first-order chi connectivity index (χ1) is 12.7. The zero-order valence-electron chi connectivity index (χ0n) is 15.6. The zero-order chi connectivity index (χ0) is 20.2. The lowest BCUT2D eigenvalue weighted by Crippen LogP contribution is -2.46. The Morgan fingerprint density at radius 2 is 2.07 bits per heavy atom. The van der Waals surface area contributed by atoms with Gasteiger partial charge in [-0.2, -0.15) is 0 Å². The van der Waals surface area contributed by atoms with E-state index in [1.54, 1.807) is 6.92 Å². The van der Waals surface area contributed by atoms with E-state index in [0.717, 1.165) is 0 Å². The maximum Gasteiger partial charge on any atom is 0.311 e. The molecule has 1 fully saturated rings. The molecule has 1 amide bonds. The normalized spacial score (nSPS) is 19.3. The van der Waals surface area contributed by atoms with Crippen LogP contribution in [0, 0.1) is 5.82 Å². The summed E-state index contributed by atoms with van der Waals surface area (Å²) >= 11 is 0. The molecule has 0 aromatic heterocycles. The topological polar surface area (TPSA) is 90.0 Å². The van der Waals surface area contributed by atoms with Crippen LogP contribution in [0.2, 0.25) is 0 Å². The number of likely N-dealkylation sites (N-methyl/N-ethyl adjacent to an activating group) is 1. The predicted molar refractivity (Wildman–Crippen MR) is 96.7 cm³/mol. The molecule has 1 aromatic carbocycles. The second-order valence-electron chi connectivity index (χ2n) is 6.46. The van der Waals surface area contributed by atoms with Crippen molar-refractivity contribution in [1.29, 1.82) is 0 Å². The lowest BCUT2D eigenvalue weighted by molar-refractivity contribution is -0.159. The first kappa shape index (κ1) is 21.1. The van der Waals surface area contributed by atoms with E-state index in [1.165, 1.54) is 37.1 Å². The van der Waals surface area contributed by atoms with E-state index < -0.39 is 39.7 Å². The molecule has 1 aromatic rings. The minimum Gasteiger partial charge on any atom is -0.494 e. The average molecular weight is 401 g/mol. The van der Waals surface area contributed by atoms with Gasteiger partial charge in [-0.15, -0.1) is 0 Å². The van der Waals surface area contributed by atoms with E-state index in [-0.39, 0.29) is 23.7 Å². The van der Waals surface area contributed by atoms with Crippen molar-refractivity contribution in [3.8, 4) is 5.75 Å². The molecule has 0 spiro atoms. The number of hydrogen-bond donors (Lipinski definition) is 0. The van der Waals surface area contributed by atoms with Crippen molar-refractivity contribution in [2.75, 3.05) is 25.2 Å². The van der Waals surface area contributed by atoms with Crippen LogP contribution in [-0.2, 0) is 30.6 Å². The largest absolute Gasteiger partial charge is 0.494 e. The summed E-state index contributed by atoms with van der Waals surface area (Å²) in [6.45, 7) is 3.52. The van der Waals surface area contributed by atoms with Crippen LogP contribution in [0.3, 0.4) is 0 Å². The van der Waals surface area contributed by atoms with Crippen LogP contribution < -0.4 is 4.74 Å². The van der Waals surface area contributed by atoms with Gasteiger partial charge in [0.2, 0.25) is 0 Å². The summed E-state index contributed by atoms with van der Waals surface area (Å²) in [5.74, 6) is -1.64. The van der Waals surface area contributed by atoms with Gasteiger partial charge in [0.05, 0.1) is 25.0 Å². The van der Waals surface area contributed by atoms with Gasteiger partial charge in [-0.25, -0.2) is 12.8 Å². The highest BCUT2D eigenvalue weighted by molar-refractivity contribution is 7.91. The summed E-state index contributed by atoms with van der Waals surface area (Å²) in [6, 6.07) is 3.72. The molecule has 27 heavy (non-hydrogen) atoms. The number of methoxy groups -OCH3 is 1. The Hall–Kier alpha value is -2.16. The highest BCUT2D eigenvalue weighted by Gasteiger charge is 2.36. The summed E-state index contributed by atoms with van der Waals surface area (Å²) in [4.78, 5) is 26.1. The highest BCUT2D eigenvalue weighted by Crippen LogP contribution is 2.20. The van der Waals surface area contributed by atoms with Crippen molar-refractivity contribution in [3.05, 3.63) is 29.6 Å². The number of sulfone groups is 1. The number of esters is 1. The minimum absolute atomic E-state index is 0.0542. The van der Waals surface area contributed by atoms with Crippen molar-refractivity contribution >= 4 is 21.7 Å². The molecule has 0 radical (unpaired) electrons. The quantitative estimate of drug-likeness (QED) is 0.641. The van der Waals surface area contributed by atoms with Crippen LogP contribution in [-0.4, -0.2) is 62.5 Å². The van der Waals surface area contributed by atoms with Gasteiger partial charge in [0.25, 0.3) is 5.91 Å². The minimum atomic E-state index is -3.13. The van der Waals surface area contributed by atoms with Crippen molar-refractivity contribution in [1.82, 2.24) is 4.90 Å². The van der Waals surface area contributed by atoms with Gasteiger partial charge < -0.3 is 14.4 Å². The number of carbonyl (C=O) groups is 2. The molecule has 2 rings (SSSR count). The van der Waals surface area contributed by atoms with E-state index in [9.17, 15) is 22.4 Å². The zero-order valence-corrected chi connectivity index (χ0v) is 16.4. The molecule has 150 valence electrons. The Bertz CT molecular complexity index is 810. The number of halogens is 1. The molecular formula is C18H24FNO6S. The molecule has 0 saturated carbocycles. The molecule has 9 heteroatoms. The molecule has 1 aliphatic heterocycles. The monoisotopic (exact) mass is 401 g/mol. The first-order valence-electron chi connectivity index (χ1n) is 8.69. The summed E-state index contributed by atoms with van der Waals surface area (Å²) in [5.41, 5.74) is 0.396. The number of amides is 1. The van der Waals surface area contributed by atoms with Crippen LogP contribution >= 0.6 is 0 Å². The molecule has 0 N–H and O–H groups in total. The Kier molecular flexibility index (Phi) is 6.80. The lowest BCUT2D eigenvalue weighted by atomic mass is 10.1. The second kappa shape index (κ2) is 8.69. The third-order valence-corrected chi connectivity index (χ3v) is 6.24. The Morgan fingerprint density at radius 3 is 2.59 bits per heavy atom. The molecule has 7 nitrogen and oxygen atoms in total. The fourth-order valence-electron chi connectivity index (χ4n) is 3.12. The van der Waals surface area contributed by atoms with Crippen LogP contribution in [0.1, 0.15) is 25.8 Å². The fourth-order valence-corrected chi connectivity index (χ4v) is 4.86. The third kappa shape index (κ3) is 5.41. The van der Waals surface area contributed by atoms with Crippen molar-refractivity contribution in [2.24, 2.45) is 0 Å². The van der Waals surface area contributed by atoms with Gasteiger partial charge in [-0.05, 0) is 38.0 Å². The Labute approximate surface area is 158 Å². The van der Waals surface area contributed by atoms with Crippen molar-refractivity contribution in [2.45, 2.75) is 38.8 Å². The average Bonchev–Trinajstić information content (AvgIpc) is 2.95. The standard InChI is InChI=1S/C18H24FNO6S/c1-4-20(14-7-8-27(23,24)11-14)18(22)12(2)26-17(21)10-13-5-6-16(25-3)15(19)9-13/h5-6,9,12,14H,4,7-8,10-11H2,1-3H3/t12-,14+/m1/s1. The van der Waals surface area contributed by atoms with Gasteiger partial charge in [0.1, 0.15) is 0 Å². The first-order valence-corrected chi connectivity index (χ1v) is 10.5. The van der Waals surface area contributed by atoms with Crippen molar-refractivity contribution < 1.29 is 31.9 Å². The Balaban J connectivity index is 1.96. The van der Waals surface area contributed by atoms with Crippen LogP contribution in [0.15, 0.2) is 18.2 Å². The van der Waals surface area contributed by atoms with Gasteiger partial charge in [0, 0.05) is 12.6 Å². The maximum absolute atomic E-state index is 13.7. The van der Waals surface area contributed by atoms with Crippen molar-refractivity contribution in [3.63, 3.8) is 0 Å². The van der Waals surface area contributed by atoms with Gasteiger partial charge >= 0.3 is 5.97 Å². The summed E-state index contributed by atoms with van der Waals surface area (Å²) in [5, 5.41) is 0. The number of carbonyl (C=O) groups excluding carboxylic acids is 2. The van der Waals surface area contributed by atoms with E-state index in [1.807, 2.05) is 0 Å². The van der Waals surface area contributed by atoms with Crippen LogP contribution in [0.4, 0.5) is 4.39 Å². The number of benzene rings is 1. The maximum atomic E-state index is 13.7. The number of rotatable bonds is 7. The molecule has 0 aliphatic carbocycles. The van der Waals surface area contributed by atoms with E-state index in [2.05, 4.69) is 0 Å². The molecule has 0 bridgehead atoms. The van der Waals surface area contributed by atoms with E-state index in [4.69, 9.17) is 9.47 Å². The number of nitrogens with zero attached hydrogens (tertiary/aromatic N) is 1. The SMILES string of the molecule is CCN(C(=O)[C@@H](C)OC(=O)Cc1ccc(OC)c(F)c1)[C@H]1CCS(=O)(=O)C1. The second-order valence-corrected chi connectivity index (χ2v) is 8.69. The summed E-state index contributed by atoms with van der Waals surface area (Å²) in [7, 11) is -1.79. The lowest BCUT2D eigenvalue weighted by Gasteiger charge is -2.29. The molecule has 1 heterocycles. The van der Waals surface area contributed by atoms with Gasteiger partial charge in [-0.3, -0.25) is 9.59 Å². The Morgan fingerprint density at radius 1 is 1.37 bits per heavy atom. The number of hydrogen-bond acceptors (Lipinski definition) is 6. The molecule has 1 aliphatic rings.